The Morgan fingerprint density at radius 2 is 1.81 bits per heavy atom. The van der Waals surface area contributed by atoms with Crippen molar-refractivity contribution >= 4 is 11.9 Å². The third-order valence-corrected chi connectivity index (χ3v) is 1.48. The monoisotopic (exact) mass is 223 g/mol. The standard InChI is InChI=1S/C8H7NO4.C3H6/c9-13-8(12)6-4-2-1-3-5(6)7(10)11;1-3-2/h1-4H,9H2,(H,10,11);3H,1H2,2H3. The third kappa shape index (κ3) is 3.93. The first-order valence-corrected chi connectivity index (χ1v) is 4.38. The van der Waals surface area contributed by atoms with Gasteiger partial charge in [0, 0.05) is 0 Å². The Kier molecular flexibility index (Phi) is 6.23. The Morgan fingerprint density at radius 3 is 2.19 bits per heavy atom. The minimum absolute atomic E-state index is 0.0579. The van der Waals surface area contributed by atoms with Gasteiger partial charge in [0.05, 0.1) is 11.1 Å². The highest BCUT2D eigenvalue weighted by Gasteiger charge is 2.15. The second-order valence-corrected chi connectivity index (χ2v) is 2.66. The smallest absolute Gasteiger partial charge is 0.357 e. The summed E-state index contributed by atoms with van der Waals surface area (Å²) in [6.45, 7) is 5.25. The van der Waals surface area contributed by atoms with Gasteiger partial charge in [-0.25, -0.2) is 9.59 Å². The Hall–Kier alpha value is -2.14. The SMILES string of the molecule is C=CC.NOC(=O)c1ccccc1C(=O)O. The molecule has 0 heterocycles. The number of hydrogen-bond acceptors (Lipinski definition) is 4. The molecule has 0 aliphatic rings. The largest absolute Gasteiger partial charge is 0.478 e. The van der Waals surface area contributed by atoms with Crippen LogP contribution in [0, 0.1) is 0 Å². The minimum atomic E-state index is -1.19. The zero-order chi connectivity index (χ0) is 12.6. The van der Waals surface area contributed by atoms with Gasteiger partial charge in [0.2, 0.25) is 0 Å². The van der Waals surface area contributed by atoms with Crippen molar-refractivity contribution in [1.82, 2.24) is 0 Å². The van der Waals surface area contributed by atoms with E-state index in [0.29, 0.717) is 0 Å². The molecule has 0 radical (unpaired) electrons. The Bertz CT molecular complexity index is 387. The zero-order valence-corrected chi connectivity index (χ0v) is 8.84. The van der Waals surface area contributed by atoms with E-state index in [1.54, 1.807) is 6.08 Å². The van der Waals surface area contributed by atoms with Crippen molar-refractivity contribution < 1.29 is 19.5 Å². The van der Waals surface area contributed by atoms with Crippen molar-refractivity contribution in [1.29, 1.82) is 0 Å². The molecule has 0 saturated heterocycles. The van der Waals surface area contributed by atoms with Crippen molar-refractivity contribution in [2.45, 2.75) is 6.92 Å². The summed E-state index contributed by atoms with van der Waals surface area (Å²) in [4.78, 5) is 25.4. The number of allylic oxidation sites excluding steroid dienone is 1. The van der Waals surface area contributed by atoms with Crippen LogP contribution in [-0.4, -0.2) is 17.0 Å². The number of hydrogen-bond donors (Lipinski definition) is 2. The fraction of sp³-hybridized carbons (Fsp3) is 0.0909. The normalized spacial score (nSPS) is 8.38. The summed E-state index contributed by atoms with van der Waals surface area (Å²) in [6, 6.07) is 5.67. The van der Waals surface area contributed by atoms with E-state index in [9.17, 15) is 9.59 Å². The molecule has 0 spiro atoms. The maximum absolute atomic E-state index is 10.9. The van der Waals surface area contributed by atoms with E-state index >= 15 is 0 Å². The molecule has 5 nitrogen and oxygen atoms in total. The van der Waals surface area contributed by atoms with E-state index in [0.717, 1.165) is 0 Å². The van der Waals surface area contributed by atoms with Crippen molar-refractivity contribution in [3.05, 3.63) is 48.0 Å². The van der Waals surface area contributed by atoms with Gasteiger partial charge in [0.1, 0.15) is 0 Å². The molecule has 16 heavy (non-hydrogen) atoms. The highest BCUT2D eigenvalue weighted by atomic mass is 16.7. The first-order chi connectivity index (χ1) is 7.58. The van der Waals surface area contributed by atoms with Crippen LogP contribution in [0.5, 0.6) is 0 Å². The van der Waals surface area contributed by atoms with Crippen LogP contribution in [0.4, 0.5) is 0 Å². The lowest BCUT2D eigenvalue weighted by atomic mass is 10.1. The molecule has 3 N–H and O–H groups in total. The summed E-state index contributed by atoms with van der Waals surface area (Å²) in [5.74, 6) is 2.57. The molecule has 5 heteroatoms. The number of aromatic carboxylic acids is 1. The average molecular weight is 223 g/mol. The second-order valence-electron chi connectivity index (χ2n) is 2.66. The quantitative estimate of drug-likeness (QED) is 0.587. The van der Waals surface area contributed by atoms with Gasteiger partial charge in [-0.3, -0.25) is 0 Å². The fourth-order valence-corrected chi connectivity index (χ4v) is 0.911. The van der Waals surface area contributed by atoms with E-state index in [1.807, 2.05) is 6.92 Å². The molecule has 1 rings (SSSR count). The van der Waals surface area contributed by atoms with E-state index < -0.39 is 11.9 Å². The summed E-state index contributed by atoms with van der Waals surface area (Å²) in [7, 11) is 0. The zero-order valence-electron chi connectivity index (χ0n) is 8.84. The molecule has 1 aromatic carbocycles. The Morgan fingerprint density at radius 1 is 1.38 bits per heavy atom. The lowest BCUT2D eigenvalue weighted by Gasteiger charge is -2.01. The highest BCUT2D eigenvalue weighted by Crippen LogP contribution is 2.09. The van der Waals surface area contributed by atoms with Gasteiger partial charge in [-0.2, -0.15) is 5.90 Å². The molecule has 0 atom stereocenters. The van der Waals surface area contributed by atoms with E-state index in [1.165, 1.54) is 24.3 Å². The first kappa shape index (κ1) is 13.9. The van der Waals surface area contributed by atoms with Gasteiger partial charge in [0.15, 0.2) is 0 Å². The highest BCUT2D eigenvalue weighted by molar-refractivity contribution is 6.02. The van der Waals surface area contributed by atoms with Crippen LogP contribution in [0.15, 0.2) is 36.9 Å². The van der Waals surface area contributed by atoms with Crippen molar-refractivity contribution in [2.24, 2.45) is 5.90 Å². The summed E-state index contributed by atoms with van der Waals surface area (Å²) in [5.41, 5.74) is -0.185. The second kappa shape index (κ2) is 7.19. The summed E-state index contributed by atoms with van der Waals surface area (Å²) in [6.07, 6.45) is 1.75. The van der Waals surface area contributed by atoms with Crippen molar-refractivity contribution in [3.8, 4) is 0 Å². The summed E-state index contributed by atoms with van der Waals surface area (Å²) >= 11 is 0. The molecular weight excluding hydrogens is 210 g/mol. The number of rotatable bonds is 2. The lowest BCUT2D eigenvalue weighted by Crippen LogP contribution is -2.14. The molecule has 0 amide bonds. The first-order valence-electron chi connectivity index (χ1n) is 4.38. The summed E-state index contributed by atoms with van der Waals surface area (Å²) in [5, 5.41) is 8.66. The van der Waals surface area contributed by atoms with Gasteiger partial charge in [-0.15, -0.1) is 6.58 Å². The Balaban J connectivity index is 0.000000673. The fourth-order valence-electron chi connectivity index (χ4n) is 0.911. The number of carboxylic acid groups (broad SMARTS) is 1. The molecule has 0 bridgehead atoms. The molecule has 0 aliphatic heterocycles. The maximum Gasteiger partial charge on any atom is 0.357 e. The van der Waals surface area contributed by atoms with Crippen molar-refractivity contribution in [3.63, 3.8) is 0 Å². The number of carbonyl (C=O) groups excluding carboxylic acids is 1. The van der Waals surface area contributed by atoms with Gasteiger partial charge in [0.25, 0.3) is 0 Å². The predicted octanol–water partition coefficient (Wildman–Crippen LogP) is 1.61. The van der Waals surface area contributed by atoms with Crippen LogP contribution in [0.2, 0.25) is 0 Å². The molecule has 1 aromatic rings. The topological polar surface area (TPSA) is 89.6 Å². The third-order valence-electron chi connectivity index (χ3n) is 1.48. The van der Waals surface area contributed by atoms with E-state index in [-0.39, 0.29) is 11.1 Å². The van der Waals surface area contributed by atoms with Gasteiger partial charge >= 0.3 is 11.9 Å². The van der Waals surface area contributed by atoms with Crippen molar-refractivity contribution in [2.75, 3.05) is 0 Å². The molecule has 0 aliphatic carbocycles. The van der Waals surface area contributed by atoms with Gasteiger partial charge in [-0.1, -0.05) is 18.2 Å². The van der Waals surface area contributed by atoms with E-state index in [2.05, 4.69) is 17.3 Å². The average Bonchev–Trinajstić information content (AvgIpc) is 2.29. The Labute approximate surface area is 93.1 Å². The van der Waals surface area contributed by atoms with Crippen LogP contribution in [-0.2, 0) is 4.84 Å². The van der Waals surface area contributed by atoms with Crippen LogP contribution < -0.4 is 5.90 Å². The van der Waals surface area contributed by atoms with E-state index in [4.69, 9.17) is 5.11 Å². The maximum atomic E-state index is 10.9. The summed E-state index contributed by atoms with van der Waals surface area (Å²) < 4.78 is 0. The number of nitrogens with two attached hydrogens (primary N) is 1. The molecule has 0 aromatic heterocycles. The number of carbonyl (C=O) groups is 2. The van der Waals surface area contributed by atoms with Crippen LogP contribution in [0.25, 0.3) is 0 Å². The predicted molar refractivity (Wildman–Crippen MR) is 58.9 cm³/mol. The lowest BCUT2D eigenvalue weighted by molar-refractivity contribution is 0.0493. The molecule has 0 unspecified atom stereocenters. The van der Waals surface area contributed by atoms with Gasteiger partial charge in [-0.05, 0) is 19.1 Å². The number of benzene rings is 1. The minimum Gasteiger partial charge on any atom is -0.478 e. The van der Waals surface area contributed by atoms with Gasteiger partial charge < -0.3 is 9.94 Å². The van der Waals surface area contributed by atoms with Crippen LogP contribution in [0.3, 0.4) is 0 Å². The number of carboxylic acids is 1. The van der Waals surface area contributed by atoms with Crippen LogP contribution in [0.1, 0.15) is 27.6 Å². The molecule has 0 fully saturated rings. The molecular formula is C11H13NO4. The molecule has 0 saturated carbocycles. The molecule has 86 valence electrons. The van der Waals surface area contributed by atoms with Crippen LogP contribution >= 0.6 is 0 Å².